The lowest BCUT2D eigenvalue weighted by molar-refractivity contribution is 0.0381. The highest BCUT2D eigenvalue weighted by atomic mass is 35.5. The summed E-state index contributed by atoms with van der Waals surface area (Å²) in [7, 11) is 0. The Hall–Kier alpha value is -0.440. The van der Waals surface area contributed by atoms with E-state index >= 15 is 0 Å². The number of hydrogen-bond acceptors (Lipinski definition) is 2. The molecule has 1 aromatic rings. The van der Waals surface area contributed by atoms with Crippen LogP contribution < -0.4 is 5.32 Å². The molecule has 100 valence electrons. The minimum absolute atomic E-state index is 0.524. The molecule has 0 amide bonds. The zero-order valence-electron chi connectivity index (χ0n) is 10.4. The molecule has 0 saturated heterocycles. The molecular formula is C14H19Cl2NO. The SMILES string of the molecule is OC1(CNc2cccc(Cl)c2Cl)CCCCCC1. The second-order valence-corrected chi connectivity index (χ2v) is 5.88. The third kappa shape index (κ3) is 3.53. The number of nitrogens with one attached hydrogen (secondary N) is 1. The quantitative estimate of drug-likeness (QED) is 0.803. The molecule has 2 N–H and O–H groups in total. The fourth-order valence-corrected chi connectivity index (χ4v) is 2.83. The molecule has 0 atom stereocenters. The van der Waals surface area contributed by atoms with Crippen LogP contribution >= 0.6 is 23.2 Å². The van der Waals surface area contributed by atoms with E-state index in [0.717, 1.165) is 31.4 Å². The Balaban J connectivity index is 1.99. The van der Waals surface area contributed by atoms with Gasteiger partial charge in [-0.25, -0.2) is 0 Å². The standard InChI is InChI=1S/C14H19Cl2NO/c15-11-6-5-7-12(13(11)16)17-10-14(18)8-3-1-2-4-9-14/h5-7,17-18H,1-4,8-10H2. The van der Waals surface area contributed by atoms with Crippen molar-refractivity contribution in [1.82, 2.24) is 0 Å². The maximum atomic E-state index is 10.5. The molecule has 2 nitrogen and oxygen atoms in total. The van der Waals surface area contributed by atoms with Gasteiger partial charge >= 0.3 is 0 Å². The molecule has 0 aromatic heterocycles. The van der Waals surface area contributed by atoms with Gasteiger partial charge in [-0.05, 0) is 25.0 Å². The lowest BCUT2D eigenvalue weighted by atomic mass is 9.94. The smallest absolute Gasteiger partial charge is 0.0823 e. The van der Waals surface area contributed by atoms with Crippen LogP contribution in [-0.2, 0) is 0 Å². The Morgan fingerprint density at radius 2 is 1.78 bits per heavy atom. The summed E-state index contributed by atoms with van der Waals surface area (Å²) in [5, 5.41) is 14.8. The van der Waals surface area contributed by atoms with Crippen molar-refractivity contribution in [3.05, 3.63) is 28.2 Å². The molecule has 0 spiro atoms. The van der Waals surface area contributed by atoms with Crippen molar-refractivity contribution >= 4 is 28.9 Å². The van der Waals surface area contributed by atoms with Crippen LogP contribution in [0.4, 0.5) is 5.69 Å². The van der Waals surface area contributed by atoms with Crippen LogP contribution in [-0.4, -0.2) is 17.3 Å². The molecule has 1 aromatic carbocycles. The molecule has 0 radical (unpaired) electrons. The second-order valence-electron chi connectivity index (χ2n) is 5.09. The zero-order chi connectivity index (χ0) is 13.0. The number of hydrogen-bond donors (Lipinski definition) is 2. The van der Waals surface area contributed by atoms with Gasteiger partial charge in [-0.2, -0.15) is 0 Å². The number of aliphatic hydroxyl groups is 1. The van der Waals surface area contributed by atoms with Crippen LogP contribution in [0.15, 0.2) is 18.2 Å². The van der Waals surface area contributed by atoms with Crippen molar-refractivity contribution < 1.29 is 5.11 Å². The molecule has 0 heterocycles. The fraction of sp³-hybridized carbons (Fsp3) is 0.571. The lowest BCUT2D eigenvalue weighted by Crippen LogP contribution is -2.36. The van der Waals surface area contributed by atoms with Crippen molar-refractivity contribution in [2.24, 2.45) is 0 Å². The Morgan fingerprint density at radius 1 is 1.11 bits per heavy atom. The lowest BCUT2D eigenvalue weighted by Gasteiger charge is -2.27. The molecule has 1 saturated carbocycles. The van der Waals surface area contributed by atoms with Crippen molar-refractivity contribution in [3.8, 4) is 0 Å². The number of halogens is 2. The summed E-state index contributed by atoms with van der Waals surface area (Å²) in [4.78, 5) is 0. The largest absolute Gasteiger partial charge is 0.388 e. The first-order chi connectivity index (χ1) is 8.61. The van der Waals surface area contributed by atoms with Gasteiger partial charge in [0.15, 0.2) is 0 Å². The zero-order valence-corrected chi connectivity index (χ0v) is 11.9. The van der Waals surface area contributed by atoms with Crippen LogP contribution in [0.1, 0.15) is 38.5 Å². The van der Waals surface area contributed by atoms with Crippen LogP contribution in [0, 0.1) is 0 Å². The molecule has 18 heavy (non-hydrogen) atoms. The molecule has 0 unspecified atom stereocenters. The van der Waals surface area contributed by atoms with Crippen LogP contribution in [0.2, 0.25) is 10.0 Å². The molecular weight excluding hydrogens is 269 g/mol. The normalized spacial score (nSPS) is 19.3. The van der Waals surface area contributed by atoms with E-state index in [2.05, 4.69) is 5.32 Å². The summed E-state index contributed by atoms with van der Waals surface area (Å²) in [5.41, 5.74) is 0.184. The first-order valence-corrected chi connectivity index (χ1v) is 7.27. The van der Waals surface area contributed by atoms with Gasteiger partial charge in [0.1, 0.15) is 0 Å². The van der Waals surface area contributed by atoms with Crippen LogP contribution in [0.3, 0.4) is 0 Å². The highest BCUT2D eigenvalue weighted by Crippen LogP contribution is 2.32. The van der Waals surface area contributed by atoms with Gasteiger partial charge < -0.3 is 10.4 Å². The van der Waals surface area contributed by atoms with E-state index in [4.69, 9.17) is 23.2 Å². The molecule has 2 rings (SSSR count). The Kier molecular flexibility index (Phi) is 4.77. The van der Waals surface area contributed by atoms with Gasteiger partial charge in [0.2, 0.25) is 0 Å². The van der Waals surface area contributed by atoms with Crippen molar-refractivity contribution in [2.75, 3.05) is 11.9 Å². The van der Waals surface area contributed by atoms with Gasteiger partial charge in [0.05, 0.1) is 21.3 Å². The highest BCUT2D eigenvalue weighted by Gasteiger charge is 2.27. The maximum absolute atomic E-state index is 10.5. The van der Waals surface area contributed by atoms with E-state index in [-0.39, 0.29) is 0 Å². The first kappa shape index (κ1) is 14.0. The summed E-state index contributed by atoms with van der Waals surface area (Å²) < 4.78 is 0. The summed E-state index contributed by atoms with van der Waals surface area (Å²) >= 11 is 12.1. The summed E-state index contributed by atoms with van der Waals surface area (Å²) in [6, 6.07) is 5.50. The molecule has 1 fully saturated rings. The van der Waals surface area contributed by atoms with E-state index in [1.54, 1.807) is 6.07 Å². The third-order valence-corrected chi connectivity index (χ3v) is 4.41. The first-order valence-electron chi connectivity index (χ1n) is 6.51. The van der Waals surface area contributed by atoms with Gasteiger partial charge in [-0.1, -0.05) is 55.0 Å². The average molecular weight is 288 g/mol. The van der Waals surface area contributed by atoms with Crippen molar-refractivity contribution in [2.45, 2.75) is 44.1 Å². The minimum atomic E-state index is -0.609. The summed E-state index contributed by atoms with van der Waals surface area (Å²) in [6.45, 7) is 0.535. The average Bonchev–Trinajstić information content (AvgIpc) is 2.57. The van der Waals surface area contributed by atoms with E-state index in [1.807, 2.05) is 12.1 Å². The van der Waals surface area contributed by atoms with E-state index < -0.39 is 5.60 Å². The monoisotopic (exact) mass is 287 g/mol. The second kappa shape index (κ2) is 6.14. The number of rotatable bonds is 3. The van der Waals surface area contributed by atoms with Gasteiger partial charge in [0, 0.05) is 6.54 Å². The number of benzene rings is 1. The summed E-state index contributed by atoms with van der Waals surface area (Å²) in [6.07, 6.45) is 6.36. The van der Waals surface area contributed by atoms with E-state index in [1.165, 1.54) is 12.8 Å². The molecule has 0 bridgehead atoms. The van der Waals surface area contributed by atoms with E-state index in [9.17, 15) is 5.11 Å². The Labute approximate surface area is 118 Å². The molecule has 1 aliphatic rings. The minimum Gasteiger partial charge on any atom is -0.388 e. The predicted octanol–water partition coefficient (Wildman–Crippen LogP) is 4.49. The van der Waals surface area contributed by atoms with E-state index in [0.29, 0.717) is 16.6 Å². The highest BCUT2D eigenvalue weighted by molar-refractivity contribution is 6.43. The van der Waals surface area contributed by atoms with Gasteiger partial charge in [-0.15, -0.1) is 0 Å². The van der Waals surface area contributed by atoms with Crippen molar-refractivity contribution in [1.29, 1.82) is 0 Å². The molecule has 0 aliphatic heterocycles. The molecule has 1 aliphatic carbocycles. The Bertz CT molecular complexity index is 401. The third-order valence-electron chi connectivity index (χ3n) is 3.59. The fourth-order valence-electron chi connectivity index (χ4n) is 2.46. The Morgan fingerprint density at radius 3 is 2.44 bits per heavy atom. The predicted molar refractivity (Wildman–Crippen MR) is 77.6 cm³/mol. The number of anilines is 1. The van der Waals surface area contributed by atoms with Crippen LogP contribution in [0.25, 0.3) is 0 Å². The maximum Gasteiger partial charge on any atom is 0.0823 e. The topological polar surface area (TPSA) is 32.3 Å². The van der Waals surface area contributed by atoms with Crippen molar-refractivity contribution in [3.63, 3.8) is 0 Å². The summed E-state index contributed by atoms with van der Waals surface area (Å²) in [5.74, 6) is 0. The van der Waals surface area contributed by atoms with Crippen LogP contribution in [0.5, 0.6) is 0 Å². The molecule has 4 heteroatoms. The van der Waals surface area contributed by atoms with Gasteiger partial charge in [0.25, 0.3) is 0 Å². The van der Waals surface area contributed by atoms with Gasteiger partial charge in [-0.3, -0.25) is 0 Å².